The van der Waals surface area contributed by atoms with Gasteiger partial charge in [-0.1, -0.05) is 0 Å². The Labute approximate surface area is 103 Å². The van der Waals surface area contributed by atoms with Gasteiger partial charge in [0.1, 0.15) is 0 Å². The third-order valence-corrected chi connectivity index (χ3v) is 3.15. The second-order valence-corrected chi connectivity index (χ2v) is 4.66. The predicted molar refractivity (Wildman–Crippen MR) is 65.2 cm³/mol. The van der Waals surface area contributed by atoms with Crippen molar-refractivity contribution in [1.29, 1.82) is 0 Å². The van der Waals surface area contributed by atoms with Gasteiger partial charge in [-0.25, -0.2) is 4.79 Å². The lowest BCUT2D eigenvalue weighted by molar-refractivity contribution is 0.0659. The highest BCUT2D eigenvalue weighted by Crippen LogP contribution is 2.15. The Kier molecular flexibility index (Phi) is 3.61. The molecule has 90 valence electrons. The number of rotatable bonds is 5. The van der Waals surface area contributed by atoms with Gasteiger partial charge in [0.2, 0.25) is 5.76 Å². The highest BCUT2D eigenvalue weighted by atomic mass is 32.1. The van der Waals surface area contributed by atoms with E-state index in [1.54, 1.807) is 17.4 Å². The number of hydrogen-bond donors (Lipinski definition) is 1. The second-order valence-electron chi connectivity index (χ2n) is 3.88. The van der Waals surface area contributed by atoms with Crippen LogP contribution in [0.2, 0.25) is 0 Å². The zero-order valence-corrected chi connectivity index (χ0v) is 10.2. The van der Waals surface area contributed by atoms with Crippen LogP contribution in [-0.2, 0) is 13.1 Å². The lowest BCUT2D eigenvalue weighted by Gasteiger charge is -2.14. The highest BCUT2D eigenvalue weighted by Gasteiger charge is 2.15. The van der Waals surface area contributed by atoms with Crippen molar-refractivity contribution in [3.63, 3.8) is 0 Å². The van der Waals surface area contributed by atoms with E-state index >= 15 is 0 Å². The molecular formula is C12H13NO3S. The van der Waals surface area contributed by atoms with Gasteiger partial charge in [0, 0.05) is 18.7 Å². The number of thiophene rings is 1. The molecule has 17 heavy (non-hydrogen) atoms. The Morgan fingerprint density at radius 1 is 1.47 bits per heavy atom. The van der Waals surface area contributed by atoms with Gasteiger partial charge in [-0.05, 0) is 35.5 Å². The summed E-state index contributed by atoms with van der Waals surface area (Å²) in [5.41, 5.74) is 1.94. The summed E-state index contributed by atoms with van der Waals surface area (Å²) in [5, 5.41) is 13.0. The lowest BCUT2D eigenvalue weighted by Crippen LogP contribution is -2.17. The summed E-state index contributed by atoms with van der Waals surface area (Å²) < 4.78 is 4.94. The van der Waals surface area contributed by atoms with Crippen molar-refractivity contribution >= 4 is 17.3 Å². The number of furan rings is 1. The van der Waals surface area contributed by atoms with E-state index < -0.39 is 5.97 Å². The number of carboxylic acid groups (broad SMARTS) is 1. The van der Waals surface area contributed by atoms with Crippen LogP contribution in [0, 0.1) is 0 Å². The van der Waals surface area contributed by atoms with E-state index in [0.29, 0.717) is 12.1 Å². The first-order valence-electron chi connectivity index (χ1n) is 5.16. The molecule has 2 aromatic rings. The van der Waals surface area contributed by atoms with Crippen LogP contribution in [0.4, 0.5) is 0 Å². The highest BCUT2D eigenvalue weighted by molar-refractivity contribution is 7.07. The summed E-state index contributed by atoms with van der Waals surface area (Å²) in [6, 6.07) is 3.77. The molecule has 0 spiro atoms. The zero-order chi connectivity index (χ0) is 12.3. The average molecular weight is 251 g/mol. The summed E-state index contributed by atoms with van der Waals surface area (Å²) in [6.45, 7) is 1.36. The maximum atomic E-state index is 10.9. The van der Waals surface area contributed by atoms with E-state index in [0.717, 1.165) is 6.54 Å². The molecule has 2 rings (SSSR count). The van der Waals surface area contributed by atoms with Crippen molar-refractivity contribution in [3.05, 3.63) is 46.0 Å². The van der Waals surface area contributed by atoms with Crippen molar-refractivity contribution in [2.24, 2.45) is 0 Å². The Morgan fingerprint density at radius 2 is 2.29 bits per heavy atom. The fourth-order valence-corrected chi connectivity index (χ4v) is 2.35. The van der Waals surface area contributed by atoms with Crippen LogP contribution in [0.3, 0.4) is 0 Å². The van der Waals surface area contributed by atoms with Gasteiger partial charge in [0.25, 0.3) is 0 Å². The molecule has 2 aromatic heterocycles. The first kappa shape index (κ1) is 11.9. The number of carbonyl (C=O) groups is 1. The second kappa shape index (κ2) is 5.16. The Morgan fingerprint density at radius 3 is 2.94 bits per heavy atom. The van der Waals surface area contributed by atoms with Crippen molar-refractivity contribution in [1.82, 2.24) is 4.90 Å². The quantitative estimate of drug-likeness (QED) is 0.887. The smallest absolute Gasteiger partial charge is 0.372 e. The number of aromatic carboxylic acids is 1. The lowest BCUT2D eigenvalue weighted by atomic mass is 10.2. The maximum absolute atomic E-state index is 10.9. The Hall–Kier alpha value is -1.59. The molecule has 0 unspecified atom stereocenters. The number of carboxylic acids is 1. The predicted octanol–water partition coefficient (Wildman–Crippen LogP) is 2.67. The van der Waals surface area contributed by atoms with Crippen molar-refractivity contribution in [2.45, 2.75) is 13.1 Å². The summed E-state index contributed by atoms with van der Waals surface area (Å²) in [4.78, 5) is 12.9. The zero-order valence-electron chi connectivity index (χ0n) is 9.42. The molecule has 0 atom stereocenters. The molecule has 0 fully saturated rings. The minimum atomic E-state index is -1.02. The minimum absolute atomic E-state index is 0.0298. The molecule has 0 bridgehead atoms. The first-order valence-corrected chi connectivity index (χ1v) is 6.10. The van der Waals surface area contributed by atoms with Gasteiger partial charge in [-0.3, -0.25) is 4.90 Å². The van der Waals surface area contributed by atoms with Gasteiger partial charge < -0.3 is 9.52 Å². The fraction of sp³-hybridized carbons (Fsp3) is 0.250. The summed E-state index contributed by atoms with van der Waals surface area (Å²) >= 11 is 1.66. The van der Waals surface area contributed by atoms with Gasteiger partial charge in [-0.15, -0.1) is 0 Å². The Balaban J connectivity index is 2.00. The minimum Gasteiger partial charge on any atom is -0.475 e. The average Bonchev–Trinajstić information content (AvgIpc) is 2.88. The van der Waals surface area contributed by atoms with Crippen LogP contribution in [0.25, 0.3) is 0 Å². The molecule has 0 saturated heterocycles. The molecule has 4 nitrogen and oxygen atoms in total. The molecule has 2 heterocycles. The molecular weight excluding hydrogens is 238 g/mol. The van der Waals surface area contributed by atoms with E-state index in [9.17, 15) is 4.79 Å². The van der Waals surface area contributed by atoms with E-state index in [2.05, 4.69) is 16.3 Å². The van der Waals surface area contributed by atoms with Crippen LogP contribution < -0.4 is 0 Å². The van der Waals surface area contributed by atoms with Gasteiger partial charge in [0.15, 0.2) is 0 Å². The molecule has 0 aliphatic heterocycles. The summed E-state index contributed by atoms with van der Waals surface area (Å²) in [7, 11) is 1.95. The van der Waals surface area contributed by atoms with Gasteiger partial charge in [0.05, 0.1) is 6.26 Å². The largest absolute Gasteiger partial charge is 0.475 e. The topological polar surface area (TPSA) is 53.7 Å². The monoisotopic (exact) mass is 251 g/mol. The Bertz CT molecular complexity index is 490. The van der Waals surface area contributed by atoms with Gasteiger partial charge in [-0.2, -0.15) is 11.3 Å². The molecule has 0 aromatic carbocycles. The first-order chi connectivity index (χ1) is 8.16. The van der Waals surface area contributed by atoms with Gasteiger partial charge >= 0.3 is 5.97 Å². The van der Waals surface area contributed by atoms with Crippen LogP contribution in [-0.4, -0.2) is 23.0 Å². The molecule has 0 aliphatic carbocycles. The fourth-order valence-electron chi connectivity index (χ4n) is 1.69. The van der Waals surface area contributed by atoms with E-state index in [-0.39, 0.29) is 5.76 Å². The third-order valence-electron chi connectivity index (χ3n) is 2.41. The summed E-state index contributed by atoms with van der Waals surface area (Å²) in [5.74, 6) is -0.990. The molecule has 0 amide bonds. The van der Waals surface area contributed by atoms with Crippen molar-refractivity contribution < 1.29 is 14.3 Å². The summed E-state index contributed by atoms with van der Waals surface area (Å²) in [6.07, 6.45) is 1.41. The number of nitrogens with zero attached hydrogens (tertiary/aromatic N) is 1. The van der Waals surface area contributed by atoms with Crippen molar-refractivity contribution in [2.75, 3.05) is 7.05 Å². The van der Waals surface area contributed by atoms with Crippen LogP contribution in [0.1, 0.15) is 21.7 Å². The normalized spacial score (nSPS) is 10.9. The van der Waals surface area contributed by atoms with E-state index in [4.69, 9.17) is 9.52 Å². The van der Waals surface area contributed by atoms with Crippen LogP contribution in [0.15, 0.2) is 33.6 Å². The molecule has 0 aliphatic rings. The molecule has 5 heteroatoms. The molecule has 1 N–H and O–H groups in total. The van der Waals surface area contributed by atoms with Crippen LogP contribution in [0.5, 0.6) is 0 Å². The van der Waals surface area contributed by atoms with Crippen LogP contribution >= 0.6 is 11.3 Å². The maximum Gasteiger partial charge on any atom is 0.372 e. The molecule has 0 saturated carbocycles. The SMILES string of the molecule is CN(Cc1ccsc1)Cc1ccoc1C(=O)O. The van der Waals surface area contributed by atoms with E-state index in [1.807, 2.05) is 12.4 Å². The third kappa shape index (κ3) is 2.95. The number of hydrogen-bond acceptors (Lipinski definition) is 4. The van der Waals surface area contributed by atoms with Crippen molar-refractivity contribution in [3.8, 4) is 0 Å². The standard InChI is InChI=1S/C12H13NO3S/c1-13(6-9-3-5-17-8-9)7-10-2-4-16-11(10)12(14)15/h2-5,8H,6-7H2,1H3,(H,14,15). The van der Waals surface area contributed by atoms with E-state index in [1.165, 1.54) is 11.8 Å². The molecule has 0 radical (unpaired) electrons.